The average Bonchev–Trinajstić information content (AvgIpc) is 2.45. The fourth-order valence-electron chi connectivity index (χ4n) is 1.42. The van der Waals surface area contributed by atoms with E-state index in [9.17, 15) is 9.59 Å². The Morgan fingerprint density at radius 1 is 1.21 bits per heavy atom. The molecule has 104 valence electrons. The number of carbonyl (C=O) groups is 2. The molecule has 6 nitrogen and oxygen atoms in total. The maximum Gasteiger partial charge on any atom is 0.252 e. The number of anilines is 1. The minimum Gasteiger partial charge on any atom is -0.373 e. The fraction of sp³-hybridized carbons (Fsp3) is 0.462. The van der Waals surface area contributed by atoms with E-state index in [4.69, 9.17) is 0 Å². The Balaban J connectivity index is 2.32. The van der Waals surface area contributed by atoms with E-state index >= 15 is 0 Å². The highest BCUT2D eigenvalue weighted by atomic mass is 16.2. The summed E-state index contributed by atoms with van der Waals surface area (Å²) in [5.41, 5.74) is 0.480. The molecule has 0 saturated heterocycles. The summed E-state index contributed by atoms with van der Waals surface area (Å²) < 4.78 is 0. The summed E-state index contributed by atoms with van der Waals surface area (Å²) in [7, 11) is 1.76. The maximum atomic E-state index is 11.7. The van der Waals surface area contributed by atoms with Crippen molar-refractivity contribution in [3.05, 3.63) is 23.9 Å². The van der Waals surface area contributed by atoms with Crippen LogP contribution >= 0.6 is 0 Å². The molecule has 0 atom stereocenters. The van der Waals surface area contributed by atoms with Gasteiger partial charge in [0.1, 0.15) is 5.82 Å². The predicted molar refractivity (Wildman–Crippen MR) is 74.0 cm³/mol. The Bertz CT molecular complexity index is 417. The molecule has 2 amide bonds. The van der Waals surface area contributed by atoms with Gasteiger partial charge in [-0.1, -0.05) is 6.92 Å². The molecule has 1 aromatic heterocycles. The van der Waals surface area contributed by atoms with Crippen LogP contribution in [0, 0.1) is 0 Å². The van der Waals surface area contributed by atoms with E-state index < -0.39 is 0 Å². The normalized spacial score (nSPS) is 9.79. The molecular weight excluding hydrogens is 244 g/mol. The molecule has 0 aromatic carbocycles. The van der Waals surface area contributed by atoms with E-state index in [0.29, 0.717) is 24.5 Å². The lowest BCUT2D eigenvalue weighted by Gasteiger charge is -2.06. The van der Waals surface area contributed by atoms with Crippen molar-refractivity contribution in [3.8, 4) is 0 Å². The lowest BCUT2D eigenvalue weighted by atomic mass is 10.2. The summed E-state index contributed by atoms with van der Waals surface area (Å²) in [4.78, 5) is 27.1. The van der Waals surface area contributed by atoms with Crippen molar-refractivity contribution in [3.63, 3.8) is 0 Å². The van der Waals surface area contributed by atoms with Crippen LogP contribution in [-0.4, -0.2) is 36.9 Å². The van der Waals surface area contributed by atoms with Gasteiger partial charge < -0.3 is 16.0 Å². The van der Waals surface area contributed by atoms with E-state index in [1.54, 1.807) is 19.2 Å². The largest absolute Gasteiger partial charge is 0.373 e. The van der Waals surface area contributed by atoms with Gasteiger partial charge in [0.25, 0.3) is 5.91 Å². The van der Waals surface area contributed by atoms with Gasteiger partial charge in [-0.05, 0) is 18.6 Å². The summed E-state index contributed by atoms with van der Waals surface area (Å²) in [5.74, 6) is 0.430. The Morgan fingerprint density at radius 3 is 2.58 bits per heavy atom. The molecule has 0 aliphatic heterocycles. The van der Waals surface area contributed by atoms with Crippen LogP contribution in [0.4, 0.5) is 5.82 Å². The zero-order valence-electron chi connectivity index (χ0n) is 11.3. The third-order valence-electron chi connectivity index (χ3n) is 2.49. The van der Waals surface area contributed by atoms with Gasteiger partial charge in [-0.25, -0.2) is 4.98 Å². The highest BCUT2D eigenvalue weighted by Gasteiger charge is 2.06. The second-order valence-corrected chi connectivity index (χ2v) is 4.04. The molecule has 0 aliphatic rings. The van der Waals surface area contributed by atoms with E-state index in [-0.39, 0.29) is 18.2 Å². The van der Waals surface area contributed by atoms with E-state index in [0.717, 1.165) is 6.42 Å². The van der Waals surface area contributed by atoms with Crippen molar-refractivity contribution in [2.45, 2.75) is 19.8 Å². The first-order valence-electron chi connectivity index (χ1n) is 6.36. The van der Waals surface area contributed by atoms with Crippen LogP contribution in [0.3, 0.4) is 0 Å². The maximum absolute atomic E-state index is 11.7. The molecule has 0 fully saturated rings. The Labute approximate surface area is 113 Å². The molecule has 1 aromatic rings. The molecule has 0 unspecified atom stereocenters. The van der Waals surface area contributed by atoms with Crippen LogP contribution in [0.2, 0.25) is 0 Å². The average molecular weight is 264 g/mol. The van der Waals surface area contributed by atoms with Crippen LogP contribution in [-0.2, 0) is 4.79 Å². The molecule has 19 heavy (non-hydrogen) atoms. The number of hydrogen-bond donors (Lipinski definition) is 3. The van der Waals surface area contributed by atoms with Gasteiger partial charge in [-0.2, -0.15) is 0 Å². The second kappa shape index (κ2) is 8.07. The second-order valence-electron chi connectivity index (χ2n) is 4.04. The molecule has 3 N–H and O–H groups in total. The van der Waals surface area contributed by atoms with Crippen molar-refractivity contribution in [1.82, 2.24) is 15.6 Å². The lowest BCUT2D eigenvalue weighted by molar-refractivity contribution is -0.120. The summed E-state index contributed by atoms with van der Waals surface area (Å²) in [6.45, 7) is 2.98. The van der Waals surface area contributed by atoms with Gasteiger partial charge in [0.15, 0.2) is 0 Å². The number of rotatable bonds is 7. The Hall–Kier alpha value is -2.11. The van der Waals surface area contributed by atoms with Gasteiger partial charge in [0, 0.05) is 32.8 Å². The number of carbonyl (C=O) groups excluding carboxylic acids is 2. The van der Waals surface area contributed by atoms with Crippen LogP contribution in [0.1, 0.15) is 30.1 Å². The fourth-order valence-corrected chi connectivity index (χ4v) is 1.42. The molecular formula is C13H20N4O2. The van der Waals surface area contributed by atoms with Crippen LogP contribution in [0.25, 0.3) is 0 Å². The molecule has 0 bridgehead atoms. The standard InChI is InChI=1S/C13H20N4O2/c1-3-7-15-12(18)6-8-16-13(19)10-4-5-11(14-2)17-9-10/h4-5,9H,3,6-8H2,1-2H3,(H,14,17)(H,15,18)(H,16,19). The molecule has 0 spiro atoms. The smallest absolute Gasteiger partial charge is 0.252 e. The minimum atomic E-state index is -0.224. The van der Waals surface area contributed by atoms with Crippen molar-refractivity contribution in [1.29, 1.82) is 0 Å². The van der Waals surface area contributed by atoms with Crippen LogP contribution < -0.4 is 16.0 Å². The van der Waals surface area contributed by atoms with Gasteiger partial charge >= 0.3 is 0 Å². The SMILES string of the molecule is CCCNC(=O)CCNC(=O)c1ccc(NC)nc1. The minimum absolute atomic E-state index is 0.0502. The first kappa shape index (κ1) is 14.9. The summed E-state index contributed by atoms with van der Waals surface area (Å²) in [6.07, 6.45) is 2.69. The zero-order chi connectivity index (χ0) is 14.1. The number of pyridine rings is 1. The van der Waals surface area contributed by atoms with Gasteiger partial charge in [-0.3, -0.25) is 9.59 Å². The molecule has 0 radical (unpaired) electrons. The number of hydrogen-bond acceptors (Lipinski definition) is 4. The van der Waals surface area contributed by atoms with E-state index in [1.807, 2.05) is 6.92 Å². The van der Waals surface area contributed by atoms with E-state index in [1.165, 1.54) is 6.20 Å². The van der Waals surface area contributed by atoms with Crippen molar-refractivity contribution in [2.24, 2.45) is 0 Å². The summed E-state index contributed by atoms with van der Waals surface area (Å²) in [5, 5.41) is 8.31. The zero-order valence-corrected chi connectivity index (χ0v) is 11.3. The Kier molecular flexibility index (Phi) is 6.35. The van der Waals surface area contributed by atoms with Crippen LogP contribution in [0.5, 0.6) is 0 Å². The molecule has 1 heterocycles. The number of amides is 2. The van der Waals surface area contributed by atoms with E-state index in [2.05, 4.69) is 20.9 Å². The van der Waals surface area contributed by atoms with Crippen molar-refractivity contribution < 1.29 is 9.59 Å². The lowest BCUT2D eigenvalue weighted by Crippen LogP contribution is -2.31. The quantitative estimate of drug-likeness (QED) is 0.679. The topological polar surface area (TPSA) is 83.1 Å². The highest BCUT2D eigenvalue weighted by molar-refractivity contribution is 5.94. The number of aromatic nitrogens is 1. The number of nitrogens with one attached hydrogen (secondary N) is 3. The van der Waals surface area contributed by atoms with Crippen molar-refractivity contribution in [2.75, 3.05) is 25.5 Å². The van der Waals surface area contributed by atoms with Gasteiger partial charge in [0.05, 0.1) is 5.56 Å². The molecule has 1 rings (SSSR count). The first-order chi connectivity index (χ1) is 9.17. The summed E-state index contributed by atoms with van der Waals surface area (Å²) >= 11 is 0. The molecule has 0 aliphatic carbocycles. The Morgan fingerprint density at radius 2 is 2.00 bits per heavy atom. The summed E-state index contributed by atoms with van der Waals surface area (Å²) in [6, 6.07) is 3.41. The molecule has 0 saturated carbocycles. The van der Waals surface area contributed by atoms with Gasteiger partial charge in [0.2, 0.25) is 5.91 Å². The number of nitrogens with zero attached hydrogens (tertiary/aromatic N) is 1. The predicted octanol–water partition coefficient (Wildman–Crippen LogP) is 0.769. The highest BCUT2D eigenvalue weighted by Crippen LogP contribution is 2.03. The van der Waals surface area contributed by atoms with Gasteiger partial charge in [-0.15, -0.1) is 0 Å². The molecule has 6 heteroatoms. The third-order valence-corrected chi connectivity index (χ3v) is 2.49. The monoisotopic (exact) mass is 264 g/mol. The van der Waals surface area contributed by atoms with Crippen molar-refractivity contribution >= 4 is 17.6 Å². The third kappa shape index (κ3) is 5.37. The van der Waals surface area contributed by atoms with Crippen LogP contribution in [0.15, 0.2) is 18.3 Å². The first-order valence-corrected chi connectivity index (χ1v) is 6.36.